The van der Waals surface area contributed by atoms with E-state index in [0.29, 0.717) is 41.3 Å². The molecular weight excluding hydrogens is 466 g/mol. The highest BCUT2D eigenvalue weighted by Crippen LogP contribution is 2.45. The number of aliphatic hydroxyl groups excluding tert-OH is 1. The lowest BCUT2D eigenvalue weighted by Gasteiger charge is -2.39. The normalized spacial score (nSPS) is 28.2. The van der Waals surface area contributed by atoms with Crippen LogP contribution >= 0.6 is 23.2 Å². The van der Waals surface area contributed by atoms with Gasteiger partial charge in [0, 0.05) is 10.0 Å². The first kappa shape index (κ1) is 23.4. The minimum absolute atomic E-state index is 0.318. The van der Waals surface area contributed by atoms with Crippen LogP contribution in [-0.2, 0) is 9.53 Å². The van der Waals surface area contributed by atoms with Crippen molar-refractivity contribution in [1.29, 1.82) is 0 Å². The van der Waals surface area contributed by atoms with Crippen molar-refractivity contribution in [3.63, 3.8) is 0 Å². The highest BCUT2D eigenvalue weighted by molar-refractivity contribution is 6.32. The van der Waals surface area contributed by atoms with Gasteiger partial charge in [0.2, 0.25) is 5.91 Å². The Bertz CT molecular complexity index is 989. The first-order valence-corrected chi connectivity index (χ1v) is 11.1. The van der Waals surface area contributed by atoms with Crippen LogP contribution in [0.1, 0.15) is 37.2 Å². The Morgan fingerprint density at radius 1 is 1.06 bits per heavy atom. The second kappa shape index (κ2) is 8.86. The molecule has 2 N–H and O–H groups in total. The predicted octanol–water partition coefficient (Wildman–Crippen LogP) is 5.50. The van der Waals surface area contributed by atoms with Gasteiger partial charge in [-0.05, 0) is 66.6 Å². The van der Waals surface area contributed by atoms with Gasteiger partial charge < -0.3 is 15.2 Å². The first-order valence-electron chi connectivity index (χ1n) is 10.3. The summed E-state index contributed by atoms with van der Waals surface area (Å²) in [6.45, 7) is -1.30. The topological polar surface area (TPSA) is 58.6 Å². The molecule has 4 rings (SSSR count). The number of amides is 1. The molecule has 4 nitrogen and oxygen atoms in total. The Hall–Kier alpha value is -1.80. The summed E-state index contributed by atoms with van der Waals surface area (Å²) >= 11 is 12.4. The maximum absolute atomic E-state index is 12.9. The van der Waals surface area contributed by atoms with E-state index >= 15 is 0 Å². The van der Waals surface area contributed by atoms with E-state index in [1.165, 1.54) is 0 Å². The molecule has 1 saturated carbocycles. The minimum atomic E-state index is -4.38. The molecule has 1 saturated heterocycles. The molecule has 2 atom stereocenters. The number of halogens is 5. The van der Waals surface area contributed by atoms with Crippen LogP contribution in [0.15, 0.2) is 42.5 Å². The number of carbonyl (C=O) groups is 1. The van der Waals surface area contributed by atoms with E-state index < -0.39 is 36.4 Å². The van der Waals surface area contributed by atoms with Crippen LogP contribution in [0.3, 0.4) is 0 Å². The van der Waals surface area contributed by atoms with E-state index in [9.17, 15) is 23.1 Å². The molecule has 0 aromatic heterocycles. The summed E-state index contributed by atoms with van der Waals surface area (Å²) < 4.78 is 42.3. The zero-order valence-electron chi connectivity index (χ0n) is 17.0. The first-order chi connectivity index (χ1) is 15.1. The molecule has 1 aliphatic carbocycles. The van der Waals surface area contributed by atoms with Crippen molar-refractivity contribution in [1.82, 2.24) is 5.32 Å². The summed E-state index contributed by atoms with van der Waals surface area (Å²) in [6, 6.07) is 12.5. The van der Waals surface area contributed by atoms with Gasteiger partial charge in [-0.1, -0.05) is 41.4 Å². The van der Waals surface area contributed by atoms with E-state index in [0.717, 1.165) is 11.1 Å². The highest BCUT2D eigenvalue weighted by atomic mass is 35.5. The molecule has 2 aliphatic rings. The Kier molecular flexibility index (Phi) is 6.47. The molecule has 9 heteroatoms. The van der Waals surface area contributed by atoms with Crippen LogP contribution in [0.25, 0.3) is 11.1 Å². The number of benzene rings is 2. The Morgan fingerprint density at radius 2 is 1.69 bits per heavy atom. The van der Waals surface area contributed by atoms with Gasteiger partial charge in [-0.3, -0.25) is 4.79 Å². The molecule has 2 aromatic rings. The molecule has 1 heterocycles. The van der Waals surface area contributed by atoms with Crippen molar-refractivity contribution in [3.05, 3.63) is 58.1 Å². The van der Waals surface area contributed by atoms with Gasteiger partial charge in [0.15, 0.2) is 0 Å². The number of aliphatic hydroxyl groups is 1. The van der Waals surface area contributed by atoms with Gasteiger partial charge in [-0.2, -0.15) is 13.2 Å². The number of hydrogen-bond donors (Lipinski definition) is 2. The average Bonchev–Trinajstić information content (AvgIpc) is 2.97. The smallest absolute Gasteiger partial charge is 0.389 e. The number of rotatable bonds is 4. The quantitative estimate of drug-likeness (QED) is 0.598. The number of hydrogen-bond acceptors (Lipinski definition) is 3. The number of ether oxygens (including phenoxy) is 1. The van der Waals surface area contributed by atoms with Gasteiger partial charge in [-0.25, -0.2) is 0 Å². The SMILES string of the molecule is O=C1NC2(CCC(OCC(F)(F)F)CC2)C(O)C1c1cc(-c2ccc(Cl)cc2)ccc1Cl. The maximum atomic E-state index is 12.9. The van der Waals surface area contributed by atoms with Crippen LogP contribution in [0.5, 0.6) is 0 Å². The molecule has 0 bridgehead atoms. The third-order valence-corrected chi connectivity index (χ3v) is 6.95. The summed E-state index contributed by atoms with van der Waals surface area (Å²) in [7, 11) is 0. The second-order valence-corrected chi connectivity index (χ2v) is 9.28. The van der Waals surface area contributed by atoms with E-state index in [2.05, 4.69) is 5.32 Å². The lowest BCUT2D eigenvalue weighted by molar-refractivity contribution is -0.189. The fraction of sp³-hybridized carbons (Fsp3) is 0.435. The van der Waals surface area contributed by atoms with Crippen molar-refractivity contribution in [3.8, 4) is 11.1 Å². The summed E-state index contributed by atoms with van der Waals surface area (Å²) in [6.07, 6.45) is -4.70. The maximum Gasteiger partial charge on any atom is 0.411 e. The molecular formula is C23H22Cl2F3NO3. The minimum Gasteiger partial charge on any atom is -0.389 e. The van der Waals surface area contributed by atoms with E-state index in [4.69, 9.17) is 27.9 Å². The summed E-state index contributed by atoms with van der Waals surface area (Å²) in [5, 5.41) is 15.1. The van der Waals surface area contributed by atoms with Crippen LogP contribution < -0.4 is 5.32 Å². The summed E-state index contributed by atoms with van der Waals surface area (Å²) in [5.41, 5.74) is 1.32. The molecule has 1 spiro atoms. The predicted molar refractivity (Wildman–Crippen MR) is 116 cm³/mol. The van der Waals surface area contributed by atoms with Gasteiger partial charge in [0.1, 0.15) is 6.61 Å². The number of nitrogens with one attached hydrogen (secondary N) is 1. The molecule has 172 valence electrons. The van der Waals surface area contributed by atoms with Crippen molar-refractivity contribution in [2.45, 2.75) is 55.5 Å². The van der Waals surface area contributed by atoms with Crippen LogP contribution in [0.2, 0.25) is 10.0 Å². The molecule has 2 aromatic carbocycles. The van der Waals surface area contributed by atoms with Crippen molar-refractivity contribution < 1.29 is 27.8 Å². The van der Waals surface area contributed by atoms with E-state index in [-0.39, 0.29) is 5.91 Å². The van der Waals surface area contributed by atoms with Crippen LogP contribution in [0.4, 0.5) is 13.2 Å². The molecule has 0 radical (unpaired) electrons. The Labute approximate surface area is 193 Å². The summed E-state index contributed by atoms with van der Waals surface area (Å²) in [5.74, 6) is -1.22. The number of carbonyl (C=O) groups excluding carboxylic acids is 1. The van der Waals surface area contributed by atoms with Crippen molar-refractivity contribution in [2.24, 2.45) is 0 Å². The Balaban J connectivity index is 1.53. The molecule has 2 fully saturated rings. The van der Waals surface area contributed by atoms with Gasteiger partial charge in [0.05, 0.1) is 23.7 Å². The Morgan fingerprint density at radius 3 is 2.31 bits per heavy atom. The van der Waals surface area contributed by atoms with Crippen LogP contribution in [0, 0.1) is 0 Å². The van der Waals surface area contributed by atoms with Gasteiger partial charge in [-0.15, -0.1) is 0 Å². The zero-order chi connectivity index (χ0) is 23.1. The fourth-order valence-electron chi connectivity index (χ4n) is 4.68. The lowest BCUT2D eigenvalue weighted by Crippen LogP contribution is -2.52. The molecule has 32 heavy (non-hydrogen) atoms. The van der Waals surface area contributed by atoms with Gasteiger partial charge in [0.25, 0.3) is 0 Å². The molecule has 2 unspecified atom stereocenters. The zero-order valence-corrected chi connectivity index (χ0v) is 18.5. The summed E-state index contributed by atoms with van der Waals surface area (Å²) in [4.78, 5) is 12.9. The van der Waals surface area contributed by atoms with Crippen molar-refractivity contribution >= 4 is 29.1 Å². The van der Waals surface area contributed by atoms with Gasteiger partial charge >= 0.3 is 6.18 Å². The number of alkyl halides is 3. The highest BCUT2D eigenvalue weighted by Gasteiger charge is 2.54. The third-order valence-electron chi connectivity index (χ3n) is 6.35. The molecule has 1 amide bonds. The van der Waals surface area contributed by atoms with E-state index in [1.54, 1.807) is 24.3 Å². The van der Waals surface area contributed by atoms with Crippen LogP contribution in [-0.4, -0.2) is 41.5 Å². The third kappa shape index (κ3) is 4.76. The fourth-order valence-corrected chi connectivity index (χ4v) is 5.04. The lowest BCUT2D eigenvalue weighted by atomic mass is 9.74. The molecule has 1 aliphatic heterocycles. The van der Waals surface area contributed by atoms with Crippen molar-refractivity contribution in [2.75, 3.05) is 6.61 Å². The monoisotopic (exact) mass is 487 g/mol. The standard InChI is InChI=1S/C23H22Cl2F3NO3/c24-15-4-1-13(2-5-15)14-3-6-18(25)17(11-14)19-20(30)22(29-21(19)31)9-7-16(8-10-22)32-12-23(26,27)28/h1-6,11,16,19-20,30H,7-10,12H2,(H,29,31). The second-order valence-electron chi connectivity index (χ2n) is 8.44. The largest absolute Gasteiger partial charge is 0.411 e. The average molecular weight is 488 g/mol. The van der Waals surface area contributed by atoms with E-state index in [1.807, 2.05) is 18.2 Å².